The second kappa shape index (κ2) is 9.26. The Labute approximate surface area is 270 Å². The Morgan fingerprint density at radius 1 is 0.326 bits per heavy atom. The first-order valence-corrected chi connectivity index (χ1v) is 15.7. The maximum atomic E-state index is 5.89. The minimum Gasteiger partial charge on any atom is -0.115 e. The lowest BCUT2D eigenvalue weighted by Gasteiger charge is -2.43. The fourth-order valence-electron chi connectivity index (χ4n) is 9.78. The van der Waals surface area contributed by atoms with Crippen LogP contribution in [-0.4, -0.2) is 0 Å². The summed E-state index contributed by atoms with van der Waals surface area (Å²) >= 11 is 0. The second-order valence-electron chi connectivity index (χ2n) is 12.7. The molecule has 0 heterocycles. The van der Waals surface area contributed by atoms with E-state index in [0.717, 1.165) is 16.7 Å². The average molecular weight is 581 g/mol. The van der Waals surface area contributed by atoms with Crippen LogP contribution in [0.4, 0.5) is 0 Å². The van der Waals surface area contributed by atoms with Gasteiger partial charge in [-0.15, -0.1) is 19.3 Å². The Morgan fingerprint density at radius 2 is 0.543 bits per heavy atom. The molecule has 0 heteroatoms. The van der Waals surface area contributed by atoms with Gasteiger partial charge in [0, 0.05) is 22.6 Å². The molecule has 0 N–H and O–H groups in total. The fraction of sp³-hybridized carbons (Fsp3) is 0.0870. The molecule has 0 aliphatic heterocycles. The molecule has 212 valence electrons. The second-order valence-corrected chi connectivity index (χ2v) is 12.7. The minimum atomic E-state index is -0.491. The highest BCUT2D eigenvalue weighted by Crippen LogP contribution is 2.80. The van der Waals surface area contributed by atoms with Crippen LogP contribution in [0.1, 0.15) is 66.8 Å². The molecule has 0 saturated carbocycles. The molecule has 0 aromatic heterocycles. The third-order valence-electron chi connectivity index (χ3n) is 11.1. The number of benzene rings is 6. The van der Waals surface area contributed by atoms with Gasteiger partial charge in [-0.05, 0) is 86.5 Å². The van der Waals surface area contributed by atoms with E-state index in [0.29, 0.717) is 0 Å². The van der Waals surface area contributed by atoms with E-state index in [1.165, 1.54) is 50.1 Å². The molecule has 0 fully saturated rings. The molecule has 0 spiro atoms. The molecule has 0 saturated heterocycles. The molecular weight excluding hydrogens is 553 g/mol. The van der Waals surface area contributed by atoms with E-state index < -0.39 is 16.2 Å². The smallest absolute Gasteiger partial charge is 0.0515 e. The lowest BCUT2D eigenvalue weighted by Crippen LogP contribution is -2.45. The molecule has 6 aromatic rings. The van der Waals surface area contributed by atoms with Gasteiger partial charge in [0.1, 0.15) is 0 Å². The van der Waals surface area contributed by atoms with Crippen LogP contribution in [0.5, 0.6) is 0 Å². The highest BCUT2D eigenvalue weighted by molar-refractivity contribution is 5.83. The molecule has 9 rings (SSSR count). The van der Waals surface area contributed by atoms with Crippen LogP contribution in [0.25, 0.3) is 0 Å². The zero-order valence-electron chi connectivity index (χ0n) is 25.2. The first-order valence-electron chi connectivity index (χ1n) is 15.7. The van der Waals surface area contributed by atoms with Crippen LogP contribution >= 0.6 is 0 Å². The summed E-state index contributed by atoms with van der Waals surface area (Å²) in [5.74, 6) is 8.54. The van der Waals surface area contributed by atoms with Gasteiger partial charge in [0.25, 0.3) is 0 Å². The standard InChI is InChI=1S/C46H28/c1-4-31-19-25-34(26-20-31)44-37-13-7-9-15-39(37)45(35-27-21-32(5-2)22-28-35)41-17-11-12-18-42(41)46(43(44)45,40-16-10-8-14-38(40)44)36-29-23-33(6-3)24-30-36/h1-3,7-30,43H. The van der Waals surface area contributed by atoms with Gasteiger partial charge in [0.05, 0.1) is 16.2 Å². The maximum Gasteiger partial charge on any atom is 0.0515 e. The average Bonchev–Trinajstić information content (AvgIpc) is 3.69. The van der Waals surface area contributed by atoms with Gasteiger partial charge in [0.2, 0.25) is 0 Å². The van der Waals surface area contributed by atoms with Crippen molar-refractivity contribution in [2.24, 2.45) is 5.92 Å². The van der Waals surface area contributed by atoms with E-state index in [-0.39, 0.29) is 5.92 Å². The molecule has 46 heavy (non-hydrogen) atoms. The molecule has 0 amide bonds. The Morgan fingerprint density at radius 3 is 0.739 bits per heavy atom. The van der Waals surface area contributed by atoms with Crippen molar-refractivity contribution in [2.45, 2.75) is 16.2 Å². The molecule has 3 aliphatic carbocycles. The fourth-order valence-corrected chi connectivity index (χ4v) is 9.78. The number of terminal acetylenes is 3. The monoisotopic (exact) mass is 580 g/mol. The van der Waals surface area contributed by atoms with Crippen molar-refractivity contribution in [1.29, 1.82) is 0 Å². The van der Waals surface area contributed by atoms with Crippen LogP contribution in [0.2, 0.25) is 0 Å². The van der Waals surface area contributed by atoms with Crippen molar-refractivity contribution in [3.63, 3.8) is 0 Å². The van der Waals surface area contributed by atoms with Gasteiger partial charge >= 0.3 is 0 Å². The van der Waals surface area contributed by atoms with Crippen molar-refractivity contribution >= 4 is 0 Å². The summed E-state index contributed by atoms with van der Waals surface area (Å²) in [7, 11) is 0. The summed E-state index contributed by atoms with van der Waals surface area (Å²) in [6.45, 7) is 0. The quantitative estimate of drug-likeness (QED) is 0.184. The van der Waals surface area contributed by atoms with Crippen LogP contribution in [-0.2, 0) is 16.2 Å². The highest BCUT2D eigenvalue weighted by atomic mass is 14.8. The minimum absolute atomic E-state index is 0.0183. The van der Waals surface area contributed by atoms with Crippen LogP contribution in [0.15, 0.2) is 146 Å². The van der Waals surface area contributed by atoms with E-state index in [9.17, 15) is 0 Å². The van der Waals surface area contributed by atoms with Gasteiger partial charge in [0.15, 0.2) is 0 Å². The molecular formula is C46H28. The highest BCUT2D eigenvalue weighted by Gasteiger charge is 2.78. The maximum absolute atomic E-state index is 5.89. The molecule has 0 unspecified atom stereocenters. The molecule has 0 atom stereocenters. The van der Waals surface area contributed by atoms with Crippen molar-refractivity contribution in [1.82, 2.24) is 0 Å². The summed E-state index contributed by atoms with van der Waals surface area (Å²) in [6, 6.07) is 53.5. The summed E-state index contributed by atoms with van der Waals surface area (Å²) in [5.41, 5.74) is 12.9. The van der Waals surface area contributed by atoms with Crippen molar-refractivity contribution < 1.29 is 0 Å². The lowest BCUT2D eigenvalue weighted by atomic mass is 9.56. The van der Waals surface area contributed by atoms with E-state index in [2.05, 4.69) is 163 Å². The Bertz CT molecular complexity index is 1990. The van der Waals surface area contributed by atoms with Crippen LogP contribution in [0, 0.1) is 42.9 Å². The largest absolute Gasteiger partial charge is 0.115 e. The number of fused-ring (bicyclic) bond motifs is 9. The predicted molar refractivity (Wildman–Crippen MR) is 186 cm³/mol. The molecule has 0 bridgehead atoms. The predicted octanol–water partition coefficient (Wildman–Crippen LogP) is 8.59. The van der Waals surface area contributed by atoms with Crippen molar-refractivity contribution in [2.75, 3.05) is 0 Å². The number of hydrogen-bond donors (Lipinski definition) is 0. The normalized spacial score (nSPS) is 24.1. The third kappa shape index (κ3) is 2.85. The molecule has 0 radical (unpaired) electrons. The Kier molecular flexibility index (Phi) is 5.31. The zero-order valence-corrected chi connectivity index (χ0v) is 25.2. The van der Waals surface area contributed by atoms with Gasteiger partial charge in [-0.25, -0.2) is 0 Å². The topological polar surface area (TPSA) is 0 Å². The Hall–Kier alpha value is -6.00. The Balaban J connectivity index is 1.54. The van der Waals surface area contributed by atoms with Crippen molar-refractivity contribution in [3.05, 3.63) is 212 Å². The zero-order chi connectivity index (χ0) is 31.1. The summed E-state index contributed by atoms with van der Waals surface area (Å²) in [6.07, 6.45) is 17.7. The number of rotatable bonds is 3. The summed E-state index contributed by atoms with van der Waals surface area (Å²) in [5, 5.41) is 0. The molecule has 3 aliphatic rings. The summed E-state index contributed by atoms with van der Waals surface area (Å²) < 4.78 is 0. The van der Waals surface area contributed by atoms with Crippen molar-refractivity contribution in [3.8, 4) is 37.0 Å². The van der Waals surface area contributed by atoms with Gasteiger partial charge in [-0.2, -0.15) is 0 Å². The van der Waals surface area contributed by atoms with E-state index >= 15 is 0 Å². The SMILES string of the molecule is C#Cc1ccc(C23c4ccccc4C4(c5ccc(C#C)cc5)c5ccccc5C(c5ccc(C#C)cc5)(c5ccccc52)C34)cc1. The molecule has 6 aromatic carbocycles. The first kappa shape index (κ1) is 26.4. The van der Waals surface area contributed by atoms with Gasteiger partial charge in [-0.3, -0.25) is 0 Å². The van der Waals surface area contributed by atoms with E-state index in [1.807, 2.05) is 0 Å². The number of hydrogen-bond acceptors (Lipinski definition) is 0. The lowest BCUT2D eigenvalue weighted by molar-refractivity contribution is 0.289. The third-order valence-corrected chi connectivity index (χ3v) is 11.1. The van der Waals surface area contributed by atoms with Crippen LogP contribution < -0.4 is 0 Å². The summed E-state index contributed by atoms with van der Waals surface area (Å²) in [4.78, 5) is 0. The van der Waals surface area contributed by atoms with Crippen LogP contribution in [0.3, 0.4) is 0 Å². The molecule has 0 nitrogen and oxygen atoms in total. The van der Waals surface area contributed by atoms with E-state index in [4.69, 9.17) is 19.3 Å². The van der Waals surface area contributed by atoms with Gasteiger partial charge in [-0.1, -0.05) is 127 Å². The first-order chi connectivity index (χ1) is 22.7. The van der Waals surface area contributed by atoms with Gasteiger partial charge < -0.3 is 0 Å². The van der Waals surface area contributed by atoms with E-state index in [1.54, 1.807) is 0 Å².